The number of benzene rings is 1. The average molecular weight is 369 g/mol. The number of carboxylic acid groups (broad SMARTS) is 1. The molecule has 0 aliphatic carbocycles. The molecule has 26 heavy (non-hydrogen) atoms. The van der Waals surface area contributed by atoms with Gasteiger partial charge in [-0.1, -0.05) is 0 Å². The number of carbonyl (C=O) groups excluding carboxylic acids is 2. The van der Waals surface area contributed by atoms with Gasteiger partial charge in [-0.05, 0) is 45.7 Å². The van der Waals surface area contributed by atoms with Crippen LogP contribution in [0.5, 0.6) is 0 Å². The Morgan fingerprint density at radius 3 is 2.46 bits per heavy atom. The first kappa shape index (κ1) is 19.8. The van der Waals surface area contributed by atoms with Crippen LogP contribution in [-0.4, -0.2) is 45.5 Å². The number of amides is 1. The van der Waals surface area contributed by atoms with Gasteiger partial charge in [0, 0.05) is 19.0 Å². The highest BCUT2D eigenvalue weighted by molar-refractivity contribution is 6.01. The van der Waals surface area contributed by atoms with Gasteiger partial charge in [-0.25, -0.2) is 18.4 Å². The highest BCUT2D eigenvalue weighted by Crippen LogP contribution is 2.35. The van der Waals surface area contributed by atoms with E-state index in [4.69, 9.17) is 4.74 Å². The van der Waals surface area contributed by atoms with Gasteiger partial charge in [-0.3, -0.25) is 9.69 Å². The number of ether oxygens (including phenoxy) is 1. The van der Waals surface area contributed by atoms with E-state index in [0.29, 0.717) is 12.5 Å². The van der Waals surface area contributed by atoms with Crippen LogP contribution in [0.3, 0.4) is 0 Å². The molecule has 1 N–H and O–H groups in total. The van der Waals surface area contributed by atoms with E-state index in [1.807, 2.05) is 0 Å². The summed E-state index contributed by atoms with van der Waals surface area (Å²) < 4.78 is 32.1. The maximum absolute atomic E-state index is 13.9. The van der Waals surface area contributed by atoms with Crippen molar-refractivity contribution < 1.29 is 33.0 Å². The second kappa shape index (κ2) is 7.01. The number of ketones is 1. The molecule has 0 saturated carbocycles. The van der Waals surface area contributed by atoms with E-state index in [1.54, 1.807) is 20.8 Å². The maximum atomic E-state index is 13.9. The van der Waals surface area contributed by atoms with E-state index in [-0.39, 0.29) is 13.0 Å². The molecule has 0 radical (unpaired) electrons. The SMILES string of the molecule is CC(C)(C)OC(=O)N1CCCC1(CC(=O)c1ccc(F)cc1F)C(=O)O. The highest BCUT2D eigenvalue weighted by atomic mass is 19.1. The van der Waals surface area contributed by atoms with Crippen LogP contribution >= 0.6 is 0 Å². The number of nitrogens with zero attached hydrogens (tertiary/aromatic N) is 1. The molecule has 1 fully saturated rings. The number of Topliss-reactive ketones (excluding diaryl/α,β-unsaturated/α-hetero) is 1. The van der Waals surface area contributed by atoms with Crippen LogP contribution < -0.4 is 0 Å². The zero-order valence-corrected chi connectivity index (χ0v) is 14.8. The zero-order valence-electron chi connectivity index (χ0n) is 14.8. The Morgan fingerprint density at radius 1 is 1.27 bits per heavy atom. The summed E-state index contributed by atoms with van der Waals surface area (Å²) in [6.07, 6.45) is -1.06. The molecule has 0 bridgehead atoms. The molecular weight excluding hydrogens is 348 g/mol. The Morgan fingerprint density at radius 2 is 1.92 bits per heavy atom. The van der Waals surface area contributed by atoms with Crippen LogP contribution in [-0.2, 0) is 9.53 Å². The Labute approximate surface area is 149 Å². The third-order valence-electron chi connectivity index (χ3n) is 4.19. The first-order valence-corrected chi connectivity index (χ1v) is 8.18. The lowest BCUT2D eigenvalue weighted by Crippen LogP contribution is -2.55. The number of aliphatic carboxylic acids is 1. The Kier molecular flexibility index (Phi) is 5.34. The lowest BCUT2D eigenvalue weighted by molar-refractivity contribution is -0.149. The van der Waals surface area contributed by atoms with Crippen LogP contribution in [0.15, 0.2) is 18.2 Å². The van der Waals surface area contributed by atoms with Gasteiger partial charge in [-0.2, -0.15) is 0 Å². The minimum absolute atomic E-state index is 0.0378. The molecule has 1 heterocycles. The number of halogens is 2. The summed E-state index contributed by atoms with van der Waals surface area (Å²) in [5, 5.41) is 9.74. The van der Waals surface area contributed by atoms with E-state index >= 15 is 0 Å². The molecule has 8 heteroatoms. The van der Waals surface area contributed by atoms with E-state index in [9.17, 15) is 28.3 Å². The molecular formula is C18H21F2NO5. The summed E-state index contributed by atoms with van der Waals surface area (Å²) in [6.45, 7) is 5.04. The summed E-state index contributed by atoms with van der Waals surface area (Å²) in [6, 6.07) is 2.44. The van der Waals surface area contributed by atoms with Crippen LogP contribution in [0.2, 0.25) is 0 Å². The van der Waals surface area contributed by atoms with Gasteiger partial charge in [0.2, 0.25) is 0 Å². The third-order valence-corrected chi connectivity index (χ3v) is 4.19. The minimum atomic E-state index is -1.82. The molecule has 1 aromatic carbocycles. The molecule has 0 aromatic heterocycles. The van der Waals surface area contributed by atoms with Gasteiger partial charge in [-0.15, -0.1) is 0 Å². The molecule has 1 aliphatic heterocycles. The van der Waals surface area contributed by atoms with Crippen molar-refractivity contribution in [1.82, 2.24) is 4.90 Å². The van der Waals surface area contributed by atoms with Crippen molar-refractivity contribution in [3.63, 3.8) is 0 Å². The van der Waals surface area contributed by atoms with Crippen molar-refractivity contribution in [2.45, 2.75) is 51.2 Å². The molecule has 1 aliphatic rings. The maximum Gasteiger partial charge on any atom is 0.411 e. The number of hydrogen-bond acceptors (Lipinski definition) is 4. The van der Waals surface area contributed by atoms with Crippen molar-refractivity contribution in [2.24, 2.45) is 0 Å². The number of likely N-dealkylation sites (tertiary alicyclic amines) is 1. The second-order valence-electron chi connectivity index (χ2n) is 7.30. The van der Waals surface area contributed by atoms with Crippen molar-refractivity contribution in [1.29, 1.82) is 0 Å². The van der Waals surface area contributed by atoms with Gasteiger partial charge in [0.25, 0.3) is 0 Å². The third kappa shape index (κ3) is 4.00. The predicted molar refractivity (Wildman–Crippen MR) is 87.8 cm³/mol. The molecule has 1 saturated heterocycles. The van der Waals surface area contributed by atoms with Crippen LogP contribution in [0.25, 0.3) is 0 Å². The minimum Gasteiger partial charge on any atom is -0.479 e. The van der Waals surface area contributed by atoms with E-state index in [2.05, 4.69) is 0 Å². The Hall–Kier alpha value is -2.51. The van der Waals surface area contributed by atoms with Crippen LogP contribution in [0.1, 0.15) is 50.4 Å². The van der Waals surface area contributed by atoms with Gasteiger partial charge >= 0.3 is 12.1 Å². The van der Waals surface area contributed by atoms with Crippen LogP contribution in [0.4, 0.5) is 13.6 Å². The standard InChI is InChI=1S/C18H21F2NO5/c1-17(2,3)26-16(25)21-8-4-7-18(21,15(23)24)10-14(22)12-6-5-11(19)9-13(12)20/h5-6,9H,4,7-8,10H2,1-3H3,(H,23,24). The summed E-state index contributed by atoms with van der Waals surface area (Å²) in [5.41, 5.74) is -3.07. The van der Waals surface area contributed by atoms with Gasteiger partial charge in [0.1, 0.15) is 17.2 Å². The summed E-state index contributed by atoms with van der Waals surface area (Å²) >= 11 is 0. The lowest BCUT2D eigenvalue weighted by Gasteiger charge is -2.35. The molecule has 1 aromatic rings. The van der Waals surface area contributed by atoms with E-state index < -0.39 is 52.6 Å². The topological polar surface area (TPSA) is 83.9 Å². The zero-order chi connectivity index (χ0) is 19.7. The number of carboxylic acids is 1. The second-order valence-corrected chi connectivity index (χ2v) is 7.30. The van der Waals surface area contributed by atoms with Gasteiger partial charge < -0.3 is 9.84 Å². The average Bonchev–Trinajstić information content (AvgIpc) is 2.90. The molecule has 1 atom stereocenters. The molecule has 6 nitrogen and oxygen atoms in total. The molecule has 142 valence electrons. The molecule has 2 rings (SSSR count). The summed E-state index contributed by atoms with van der Waals surface area (Å²) in [5.74, 6) is -4.10. The highest BCUT2D eigenvalue weighted by Gasteiger charge is 2.52. The van der Waals surface area contributed by atoms with Crippen molar-refractivity contribution in [3.05, 3.63) is 35.4 Å². The lowest BCUT2D eigenvalue weighted by atomic mass is 9.87. The number of hydrogen-bond donors (Lipinski definition) is 1. The van der Waals surface area contributed by atoms with Gasteiger partial charge in [0.05, 0.1) is 5.56 Å². The quantitative estimate of drug-likeness (QED) is 0.823. The number of rotatable bonds is 4. The van der Waals surface area contributed by atoms with Crippen molar-refractivity contribution in [2.75, 3.05) is 6.54 Å². The monoisotopic (exact) mass is 369 g/mol. The Bertz CT molecular complexity index is 744. The smallest absolute Gasteiger partial charge is 0.411 e. The normalized spacial score (nSPS) is 20.1. The molecule has 1 amide bonds. The summed E-state index contributed by atoms with van der Waals surface area (Å²) in [4.78, 5) is 37.9. The predicted octanol–water partition coefficient (Wildman–Crippen LogP) is 3.39. The molecule has 0 spiro atoms. The van der Waals surface area contributed by atoms with E-state index in [0.717, 1.165) is 17.0 Å². The first-order valence-electron chi connectivity index (χ1n) is 8.18. The van der Waals surface area contributed by atoms with Gasteiger partial charge in [0.15, 0.2) is 11.3 Å². The Balaban J connectivity index is 2.32. The van der Waals surface area contributed by atoms with E-state index in [1.165, 1.54) is 0 Å². The van der Waals surface area contributed by atoms with Crippen LogP contribution in [0, 0.1) is 11.6 Å². The fourth-order valence-corrected chi connectivity index (χ4v) is 3.02. The fourth-order valence-electron chi connectivity index (χ4n) is 3.02. The fraction of sp³-hybridized carbons (Fsp3) is 0.500. The van der Waals surface area contributed by atoms with Crippen molar-refractivity contribution in [3.8, 4) is 0 Å². The first-order chi connectivity index (χ1) is 12.0. The molecule has 1 unspecified atom stereocenters. The largest absolute Gasteiger partial charge is 0.479 e. The number of carbonyl (C=O) groups is 3. The summed E-state index contributed by atoms with van der Waals surface area (Å²) in [7, 11) is 0. The van der Waals surface area contributed by atoms with Crippen molar-refractivity contribution >= 4 is 17.8 Å².